The Morgan fingerprint density at radius 2 is 1.81 bits per heavy atom. The van der Waals surface area contributed by atoms with Crippen molar-refractivity contribution in [3.8, 4) is 0 Å². The zero-order valence-electron chi connectivity index (χ0n) is 10.2. The van der Waals surface area contributed by atoms with Gasteiger partial charge in [0.15, 0.2) is 5.78 Å². The van der Waals surface area contributed by atoms with Crippen LogP contribution < -0.4 is 0 Å². The molecule has 1 aromatic rings. The van der Waals surface area contributed by atoms with Gasteiger partial charge in [0.25, 0.3) is 0 Å². The van der Waals surface area contributed by atoms with Crippen molar-refractivity contribution < 1.29 is 4.79 Å². The van der Waals surface area contributed by atoms with Crippen molar-refractivity contribution in [3.63, 3.8) is 0 Å². The monoisotopic (exact) mass is 235 g/mol. The third-order valence-electron chi connectivity index (χ3n) is 2.17. The summed E-state index contributed by atoms with van der Waals surface area (Å²) in [6, 6.07) is 8.05. The van der Waals surface area contributed by atoms with Gasteiger partial charge in [-0.1, -0.05) is 12.1 Å². The van der Waals surface area contributed by atoms with Crippen molar-refractivity contribution in [1.29, 1.82) is 0 Å². The Labute approximate surface area is 101 Å². The quantitative estimate of drug-likeness (QED) is 0.591. The molecular formula is C13H17NOS. The fourth-order valence-corrected chi connectivity index (χ4v) is 1.81. The number of carbonyl (C=O) groups excluding carboxylic acids is 1. The van der Waals surface area contributed by atoms with Gasteiger partial charge >= 0.3 is 0 Å². The van der Waals surface area contributed by atoms with Crippen molar-refractivity contribution in [3.05, 3.63) is 36.0 Å². The molecule has 3 heteroatoms. The van der Waals surface area contributed by atoms with Crippen LogP contribution in [0.2, 0.25) is 0 Å². The van der Waals surface area contributed by atoms with Crippen LogP contribution in [0.5, 0.6) is 0 Å². The van der Waals surface area contributed by atoms with Crippen LogP contribution in [-0.2, 0) is 4.79 Å². The van der Waals surface area contributed by atoms with E-state index in [2.05, 4.69) is 0 Å². The van der Waals surface area contributed by atoms with Gasteiger partial charge in [-0.05, 0) is 30.9 Å². The van der Waals surface area contributed by atoms with E-state index in [0.29, 0.717) is 0 Å². The number of Topliss-reactive ketones (excluding diaryl/α,β-unsaturated/α-hetero) is 1. The summed E-state index contributed by atoms with van der Waals surface area (Å²) in [5, 5.41) is 0. The van der Waals surface area contributed by atoms with Crippen LogP contribution in [0.3, 0.4) is 0 Å². The average molecular weight is 235 g/mol. The normalized spacial score (nSPS) is 11.4. The smallest absolute Gasteiger partial charge is 0.161 e. The lowest BCUT2D eigenvalue weighted by Crippen LogP contribution is -2.06. The van der Waals surface area contributed by atoms with E-state index in [9.17, 15) is 4.79 Å². The minimum atomic E-state index is 0.0885. The first kappa shape index (κ1) is 12.8. The summed E-state index contributed by atoms with van der Waals surface area (Å²) in [4.78, 5) is 14.6. The molecular weight excluding hydrogens is 218 g/mol. The molecule has 86 valence electrons. The molecule has 0 fully saturated rings. The molecule has 0 amide bonds. The number of carbonyl (C=O) groups is 1. The van der Waals surface area contributed by atoms with Crippen molar-refractivity contribution in [2.24, 2.45) is 0 Å². The molecule has 2 nitrogen and oxygen atoms in total. The topological polar surface area (TPSA) is 20.3 Å². The highest BCUT2D eigenvalue weighted by Gasteiger charge is 2.07. The number of hydrogen-bond donors (Lipinski definition) is 0. The predicted octanol–water partition coefficient (Wildman–Crippen LogP) is 2.90. The van der Waals surface area contributed by atoms with E-state index in [-0.39, 0.29) is 5.78 Å². The molecule has 0 aromatic heterocycles. The van der Waals surface area contributed by atoms with Gasteiger partial charge in [-0.2, -0.15) is 0 Å². The fourth-order valence-electron chi connectivity index (χ4n) is 1.40. The molecule has 0 atom stereocenters. The largest absolute Gasteiger partial charge is 0.383 e. The minimum Gasteiger partial charge on any atom is -0.383 e. The van der Waals surface area contributed by atoms with Gasteiger partial charge in [0.05, 0.1) is 0 Å². The number of nitrogens with zero attached hydrogens (tertiary/aromatic N) is 1. The maximum Gasteiger partial charge on any atom is 0.161 e. The van der Waals surface area contributed by atoms with E-state index < -0.39 is 0 Å². The first-order valence-corrected chi connectivity index (χ1v) is 6.30. The number of ketones is 1. The van der Waals surface area contributed by atoms with Crippen molar-refractivity contribution in [2.75, 3.05) is 20.4 Å². The third kappa shape index (κ3) is 3.42. The van der Waals surface area contributed by atoms with Crippen LogP contribution in [0.25, 0.3) is 5.57 Å². The molecule has 0 aliphatic heterocycles. The molecule has 0 radical (unpaired) electrons. The SMILES string of the molecule is CSc1ccc(/C(=C\N(C)C)C(C)=O)cc1. The zero-order valence-corrected chi connectivity index (χ0v) is 11.0. The van der Waals surface area contributed by atoms with Gasteiger partial charge in [0, 0.05) is 30.8 Å². The number of allylic oxidation sites excluding steroid dienone is 1. The fraction of sp³-hybridized carbons (Fsp3) is 0.308. The standard InChI is InChI=1S/C13H17NOS/c1-10(15)13(9-14(2)3)11-5-7-12(16-4)8-6-11/h5-9H,1-4H3/b13-9-. The molecule has 0 saturated heterocycles. The Hall–Kier alpha value is -1.22. The Morgan fingerprint density at radius 1 is 1.25 bits per heavy atom. The van der Waals surface area contributed by atoms with Gasteiger partial charge in [0.1, 0.15) is 0 Å². The molecule has 1 aromatic carbocycles. The maximum atomic E-state index is 11.5. The molecule has 0 aliphatic rings. The van der Waals surface area contributed by atoms with Gasteiger partial charge in [-0.15, -0.1) is 11.8 Å². The first-order valence-electron chi connectivity index (χ1n) is 5.08. The molecule has 16 heavy (non-hydrogen) atoms. The van der Waals surface area contributed by atoms with Gasteiger partial charge in [-0.3, -0.25) is 4.79 Å². The zero-order chi connectivity index (χ0) is 12.1. The maximum absolute atomic E-state index is 11.5. The first-order chi connectivity index (χ1) is 7.54. The van der Waals surface area contributed by atoms with Crippen molar-refractivity contribution in [2.45, 2.75) is 11.8 Å². The predicted molar refractivity (Wildman–Crippen MR) is 70.6 cm³/mol. The van der Waals surface area contributed by atoms with Crippen LogP contribution in [0.1, 0.15) is 12.5 Å². The summed E-state index contributed by atoms with van der Waals surface area (Å²) in [6.45, 7) is 1.60. The number of hydrogen-bond acceptors (Lipinski definition) is 3. The van der Waals surface area contributed by atoms with Crippen LogP contribution in [0.15, 0.2) is 35.4 Å². The third-order valence-corrected chi connectivity index (χ3v) is 2.91. The van der Waals surface area contributed by atoms with Crippen molar-refractivity contribution in [1.82, 2.24) is 4.90 Å². The van der Waals surface area contributed by atoms with Crippen molar-refractivity contribution >= 4 is 23.1 Å². The van der Waals surface area contributed by atoms with E-state index in [4.69, 9.17) is 0 Å². The van der Waals surface area contributed by atoms with Crippen LogP contribution in [0, 0.1) is 0 Å². The Balaban J connectivity index is 3.07. The summed E-state index contributed by atoms with van der Waals surface area (Å²) in [7, 11) is 3.83. The highest BCUT2D eigenvalue weighted by atomic mass is 32.2. The summed E-state index contributed by atoms with van der Waals surface area (Å²) >= 11 is 1.70. The molecule has 0 bridgehead atoms. The second-order valence-corrected chi connectivity index (χ2v) is 4.67. The van der Waals surface area contributed by atoms with Gasteiger partial charge in [0.2, 0.25) is 0 Å². The van der Waals surface area contributed by atoms with Gasteiger partial charge < -0.3 is 4.90 Å². The lowest BCUT2D eigenvalue weighted by Gasteiger charge is -2.10. The second kappa shape index (κ2) is 5.75. The Bertz CT molecular complexity index is 393. The van der Waals surface area contributed by atoms with Crippen LogP contribution in [0.4, 0.5) is 0 Å². The minimum absolute atomic E-state index is 0.0885. The van der Waals surface area contributed by atoms with Crippen LogP contribution in [-0.4, -0.2) is 31.0 Å². The lowest BCUT2D eigenvalue weighted by molar-refractivity contribution is -0.111. The molecule has 0 aliphatic carbocycles. The number of thioether (sulfide) groups is 1. The summed E-state index contributed by atoms with van der Waals surface area (Å²) < 4.78 is 0. The van der Waals surface area contributed by atoms with E-state index in [0.717, 1.165) is 11.1 Å². The Kier molecular flexibility index (Phi) is 4.62. The van der Waals surface area contributed by atoms with E-state index >= 15 is 0 Å². The Morgan fingerprint density at radius 3 is 2.19 bits per heavy atom. The molecule has 0 unspecified atom stereocenters. The molecule has 1 rings (SSSR count). The van der Waals surface area contributed by atoms with Gasteiger partial charge in [-0.25, -0.2) is 0 Å². The summed E-state index contributed by atoms with van der Waals surface area (Å²) in [5.74, 6) is 0.0885. The number of rotatable bonds is 4. The molecule has 0 N–H and O–H groups in total. The van der Waals surface area contributed by atoms with E-state index in [1.165, 1.54) is 4.90 Å². The summed E-state index contributed by atoms with van der Waals surface area (Å²) in [6.07, 6.45) is 3.90. The highest BCUT2D eigenvalue weighted by molar-refractivity contribution is 7.98. The van der Waals surface area contributed by atoms with E-state index in [1.807, 2.05) is 55.7 Å². The summed E-state index contributed by atoms with van der Waals surface area (Å²) in [5.41, 5.74) is 1.72. The average Bonchev–Trinajstić information content (AvgIpc) is 2.25. The van der Waals surface area contributed by atoms with Crippen LogP contribution >= 0.6 is 11.8 Å². The highest BCUT2D eigenvalue weighted by Crippen LogP contribution is 2.20. The lowest BCUT2D eigenvalue weighted by atomic mass is 10.0. The molecule has 0 spiro atoms. The number of benzene rings is 1. The second-order valence-electron chi connectivity index (χ2n) is 3.79. The molecule has 0 saturated carbocycles. The molecule has 0 heterocycles. The van der Waals surface area contributed by atoms with E-state index in [1.54, 1.807) is 18.7 Å².